The maximum atomic E-state index is 5.57. The molecule has 0 radical (unpaired) electrons. The second-order valence-electron chi connectivity index (χ2n) is 3.39. The van der Waals surface area contributed by atoms with Crippen LogP contribution in [0.25, 0.3) is 0 Å². The number of nitrogens with two attached hydrogens (primary N) is 1. The fourth-order valence-electron chi connectivity index (χ4n) is 1.31. The molecule has 2 aromatic rings. The van der Waals surface area contributed by atoms with E-state index in [1.807, 2.05) is 31.2 Å². The summed E-state index contributed by atoms with van der Waals surface area (Å²) in [4.78, 5) is 8.15. The molecule has 0 aliphatic rings. The molecule has 0 atom stereocenters. The van der Waals surface area contributed by atoms with Gasteiger partial charge in [-0.25, -0.2) is 4.98 Å². The van der Waals surface area contributed by atoms with Crippen LogP contribution in [-0.4, -0.2) is 9.97 Å². The summed E-state index contributed by atoms with van der Waals surface area (Å²) in [5.74, 6) is 1.99. The number of benzene rings is 1. The monoisotopic (exact) mass is 215 g/mol. The van der Waals surface area contributed by atoms with Crippen LogP contribution in [0.2, 0.25) is 0 Å². The van der Waals surface area contributed by atoms with E-state index in [9.17, 15) is 0 Å². The lowest BCUT2D eigenvalue weighted by molar-refractivity contribution is 0.459. The molecule has 0 aliphatic carbocycles. The van der Waals surface area contributed by atoms with Gasteiger partial charge in [-0.1, -0.05) is 12.1 Å². The predicted octanol–water partition coefficient (Wildman–Crippen LogP) is 2.04. The average molecular weight is 215 g/mol. The Morgan fingerprint density at radius 3 is 2.56 bits per heavy atom. The van der Waals surface area contributed by atoms with Gasteiger partial charge in [0.05, 0.1) is 0 Å². The minimum atomic E-state index is 0.535. The van der Waals surface area contributed by atoms with Gasteiger partial charge in [-0.2, -0.15) is 4.98 Å². The van der Waals surface area contributed by atoms with E-state index < -0.39 is 0 Å². The summed E-state index contributed by atoms with van der Waals surface area (Å²) < 4.78 is 5.57. The van der Waals surface area contributed by atoms with Gasteiger partial charge in [0.25, 0.3) is 0 Å². The van der Waals surface area contributed by atoms with Crippen LogP contribution in [-0.2, 0) is 6.54 Å². The quantitative estimate of drug-likeness (QED) is 0.851. The highest BCUT2D eigenvalue weighted by Gasteiger charge is 1.99. The second-order valence-corrected chi connectivity index (χ2v) is 3.39. The van der Waals surface area contributed by atoms with Crippen LogP contribution in [0.15, 0.2) is 36.5 Å². The Hall–Kier alpha value is -1.94. The summed E-state index contributed by atoms with van der Waals surface area (Å²) in [5, 5.41) is 0. The van der Waals surface area contributed by atoms with Crippen molar-refractivity contribution in [3.05, 3.63) is 47.9 Å². The van der Waals surface area contributed by atoms with Gasteiger partial charge >= 0.3 is 0 Å². The molecular weight excluding hydrogens is 202 g/mol. The minimum absolute atomic E-state index is 0.535. The van der Waals surface area contributed by atoms with Gasteiger partial charge in [-0.15, -0.1) is 0 Å². The van der Waals surface area contributed by atoms with Gasteiger partial charge < -0.3 is 10.5 Å². The van der Waals surface area contributed by atoms with Crippen molar-refractivity contribution >= 4 is 0 Å². The third-order valence-corrected chi connectivity index (χ3v) is 2.13. The lowest BCUT2D eigenvalue weighted by atomic mass is 10.2. The topological polar surface area (TPSA) is 61.0 Å². The molecule has 2 rings (SSSR count). The van der Waals surface area contributed by atoms with Gasteiger partial charge in [0.1, 0.15) is 11.6 Å². The van der Waals surface area contributed by atoms with E-state index in [1.165, 1.54) is 0 Å². The Morgan fingerprint density at radius 1 is 1.19 bits per heavy atom. The lowest BCUT2D eigenvalue weighted by Crippen LogP contribution is -1.96. The summed E-state index contributed by atoms with van der Waals surface area (Å²) in [5.41, 5.74) is 6.59. The van der Waals surface area contributed by atoms with E-state index in [0.29, 0.717) is 18.2 Å². The summed E-state index contributed by atoms with van der Waals surface area (Å²) in [6, 6.07) is 9.34. The van der Waals surface area contributed by atoms with Crippen LogP contribution in [0.3, 0.4) is 0 Å². The zero-order valence-electron chi connectivity index (χ0n) is 9.05. The van der Waals surface area contributed by atoms with E-state index >= 15 is 0 Å². The summed E-state index contributed by atoms with van der Waals surface area (Å²) in [6.07, 6.45) is 1.67. The maximum Gasteiger partial charge on any atom is 0.222 e. The Balaban J connectivity index is 2.14. The number of hydrogen-bond acceptors (Lipinski definition) is 4. The predicted molar refractivity (Wildman–Crippen MR) is 61.2 cm³/mol. The molecule has 0 amide bonds. The molecule has 0 saturated heterocycles. The van der Waals surface area contributed by atoms with Crippen molar-refractivity contribution in [1.82, 2.24) is 9.97 Å². The Bertz CT molecular complexity index is 468. The first-order chi connectivity index (χ1) is 7.78. The van der Waals surface area contributed by atoms with Crippen molar-refractivity contribution in [3.8, 4) is 11.6 Å². The van der Waals surface area contributed by atoms with Crippen LogP contribution >= 0.6 is 0 Å². The van der Waals surface area contributed by atoms with Crippen molar-refractivity contribution in [2.24, 2.45) is 5.73 Å². The van der Waals surface area contributed by atoms with Crippen molar-refractivity contribution < 1.29 is 4.74 Å². The van der Waals surface area contributed by atoms with Gasteiger partial charge in [-0.3, -0.25) is 0 Å². The van der Waals surface area contributed by atoms with Gasteiger partial charge in [-0.05, 0) is 24.6 Å². The fraction of sp³-hybridized carbons (Fsp3) is 0.167. The Kier molecular flexibility index (Phi) is 3.12. The summed E-state index contributed by atoms with van der Waals surface area (Å²) >= 11 is 0. The third-order valence-electron chi connectivity index (χ3n) is 2.13. The number of rotatable bonds is 3. The molecule has 1 aromatic heterocycles. The van der Waals surface area contributed by atoms with Crippen LogP contribution in [0.4, 0.5) is 0 Å². The van der Waals surface area contributed by atoms with Crippen molar-refractivity contribution in [2.75, 3.05) is 0 Å². The number of aryl methyl sites for hydroxylation is 1. The van der Waals surface area contributed by atoms with Crippen LogP contribution in [0, 0.1) is 6.92 Å². The molecular formula is C12H13N3O. The molecule has 1 aromatic carbocycles. The second kappa shape index (κ2) is 4.72. The first-order valence-electron chi connectivity index (χ1n) is 5.04. The molecule has 0 saturated carbocycles. The zero-order valence-corrected chi connectivity index (χ0v) is 9.05. The fourth-order valence-corrected chi connectivity index (χ4v) is 1.31. The number of aromatic nitrogens is 2. The Morgan fingerprint density at radius 2 is 1.94 bits per heavy atom. The molecule has 0 bridgehead atoms. The summed E-state index contributed by atoms with van der Waals surface area (Å²) in [7, 11) is 0. The SMILES string of the molecule is Cc1nccc(Oc2ccc(CN)cc2)n1. The largest absolute Gasteiger partial charge is 0.439 e. The molecule has 82 valence electrons. The summed E-state index contributed by atoms with van der Waals surface area (Å²) in [6.45, 7) is 2.36. The smallest absolute Gasteiger partial charge is 0.222 e. The first-order valence-corrected chi connectivity index (χ1v) is 5.04. The van der Waals surface area contributed by atoms with Crippen LogP contribution in [0.1, 0.15) is 11.4 Å². The highest BCUT2D eigenvalue weighted by molar-refractivity contribution is 5.30. The van der Waals surface area contributed by atoms with Crippen molar-refractivity contribution in [3.63, 3.8) is 0 Å². The number of ether oxygens (including phenoxy) is 1. The molecule has 0 aliphatic heterocycles. The first kappa shape index (κ1) is 10.6. The van der Waals surface area contributed by atoms with E-state index in [-0.39, 0.29) is 0 Å². The lowest BCUT2D eigenvalue weighted by Gasteiger charge is -2.05. The van der Waals surface area contributed by atoms with Crippen LogP contribution < -0.4 is 10.5 Å². The van der Waals surface area contributed by atoms with Gasteiger partial charge in [0.15, 0.2) is 0 Å². The standard InChI is InChI=1S/C12H13N3O/c1-9-14-7-6-12(15-9)16-11-4-2-10(8-13)3-5-11/h2-7H,8,13H2,1H3. The molecule has 2 N–H and O–H groups in total. The average Bonchev–Trinajstić information content (AvgIpc) is 2.30. The van der Waals surface area contributed by atoms with Gasteiger partial charge in [0.2, 0.25) is 5.88 Å². The van der Waals surface area contributed by atoms with Crippen molar-refractivity contribution in [1.29, 1.82) is 0 Å². The van der Waals surface area contributed by atoms with E-state index in [0.717, 1.165) is 11.3 Å². The highest BCUT2D eigenvalue weighted by Crippen LogP contribution is 2.19. The highest BCUT2D eigenvalue weighted by atomic mass is 16.5. The molecule has 4 heteroatoms. The third kappa shape index (κ3) is 2.55. The molecule has 0 fully saturated rings. The molecule has 0 unspecified atom stereocenters. The molecule has 0 spiro atoms. The molecule has 4 nitrogen and oxygen atoms in total. The Labute approximate surface area is 94.1 Å². The van der Waals surface area contributed by atoms with E-state index in [1.54, 1.807) is 12.3 Å². The molecule has 1 heterocycles. The van der Waals surface area contributed by atoms with Crippen molar-refractivity contribution in [2.45, 2.75) is 13.5 Å². The molecule has 16 heavy (non-hydrogen) atoms. The van der Waals surface area contributed by atoms with E-state index in [4.69, 9.17) is 10.5 Å². The number of nitrogens with zero attached hydrogens (tertiary/aromatic N) is 2. The van der Waals surface area contributed by atoms with Gasteiger partial charge in [0, 0.05) is 18.8 Å². The minimum Gasteiger partial charge on any atom is -0.439 e. The zero-order chi connectivity index (χ0) is 11.4. The van der Waals surface area contributed by atoms with Crippen LogP contribution in [0.5, 0.6) is 11.6 Å². The van der Waals surface area contributed by atoms with E-state index in [2.05, 4.69) is 9.97 Å². The normalized spacial score (nSPS) is 10.1. The number of hydrogen-bond donors (Lipinski definition) is 1. The maximum absolute atomic E-state index is 5.57.